The molecule has 0 fully saturated rings. The van der Waals surface area contributed by atoms with Gasteiger partial charge in [-0.1, -0.05) is 86.6 Å². The third-order valence-corrected chi connectivity index (χ3v) is 9.77. The zero-order valence-corrected chi connectivity index (χ0v) is 34.7. The van der Waals surface area contributed by atoms with Gasteiger partial charge in [0.05, 0.1) is 20.1 Å². The first-order chi connectivity index (χ1) is 23.8. The van der Waals surface area contributed by atoms with Crippen molar-refractivity contribution >= 4 is 78.2 Å². The smallest absolute Gasteiger partial charge is 0.234 e. The number of unbranched alkanes of at least 4 members (excludes halogenated alkanes) is 2. The van der Waals surface area contributed by atoms with Crippen LogP contribution >= 0.6 is 55.6 Å². The summed E-state index contributed by atoms with van der Waals surface area (Å²) in [6, 6.07) is 5.91. The van der Waals surface area contributed by atoms with E-state index in [1.165, 1.54) is 0 Å². The molecule has 0 aromatic heterocycles. The van der Waals surface area contributed by atoms with E-state index >= 15 is 0 Å². The van der Waals surface area contributed by atoms with Gasteiger partial charge in [-0.2, -0.15) is 0 Å². The van der Waals surface area contributed by atoms with Gasteiger partial charge in [0.15, 0.2) is 5.43 Å². The Balaban J connectivity index is 0.00000197. The predicted molar refractivity (Wildman–Crippen MR) is 217 cm³/mol. The maximum absolute atomic E-state index is 13.0. The number of benzene rings is 3. The summed E-state index contributed by atoms with van der Waals surface area (Å²) < 4.78 is 6.42. The molecule has 4 rings (SSSR count). The van der Waals surface area contributed by atoms with Crippen molar-refractivity contribution < 1.29 is 19.1 Å². The second kappa shape index (κ2) is 22.5. The van der Waals surface area contributed by atoms with E-state index < -0.39 is 0 Å². The minimum absolute atomic E-state index is 0.0290. The first-order valence-corrected chi connectivity index (χ1v) is 19.0. The molecule has 1 atom stereocenters. The largest absolute Gasteiger partial charge is 0.455 e. The molecule has 0 spiro atoms. The molecule has 0 radical (unpaired) electrons. The molecule has 0 saturated heterocycles. The number of carbonyl (C=O) groups excluding carboxylic acids is 2. The lowest BCUT2D eigenvalue weighted by Gasteiger charge is -2.23. The Morgan fingerprint density at radius 3 is 1.98 bits per heavy atom. The fraction of sp³-hybridized carbons (Fsp3) is 0.447. The van der Waals surface area contributed by atoms with Crippen LogP contribution in [0.4, 0.5) is 4.79 Å². The van der Waals surface area contributed by atoms with Gasteiger partial charge in [0.1, 0.15) is 11.3 Å². The minimum Gasteiger partial charge on any atom is -0.455 e. The second-order valence-electron chi connectivity index (χ2n) is 11.1. The van der Waals surface area contributed by atoms with Crippen molar-refractivity contribution in [2.75, 3.05) is 20.2 Å². The minimum atomic E-state index is -0.168. The number of aliphatic hydroxyl groups excluding tert-OH is 1. The van der Waals surface area contributed by atoms with Crippen molar-refractivity contribution in [3.8, 4) is 22.5 Å². The van der Waals surface area contributed by atoms with Gasteiger partial charge in [0.25, 0.3) is 0 Å². The number of rotatable bonds is 11. The molecule has 7 nitrogen and oxygen atoms in total. The number of carbonyl (C=O) groups is 2. The average Bonchev–Trinajstić information content (AvgIpc) is 3.10. The molecule has 2 aromatic carbocycles. The molecule has 1 aliphatic heterocycles. The summed E-state index contributed by atoms with van der Waals surface area (Å²) in [5.74, 6) is 0.458. The number of halogens is 4. The molecular formula is C38H51Cl4N2O5P. The van der Waals surface area contributed by atoms with Crippen molar-refractivity contribution in [3.05, 3.63) is 76.3 Å². The molecule has 1 aliphatic carbocycles. The summed E-state index contributed by atoms with van der Waals surface area (Å²) >= 11 is 27.2. The molecule has 0 bridgehead atoms. The quantitative estimate of drug-likeness (QED) is 0.0461. The third kappa shape index (κ3) is 11.3. The van der Waals surface area contributed by atoms with Gasteiger partial charge in [0, 0.05) is 54.3 Å². The van der Waals surface area contributed by atoms with E-state index in [0.29, 0.717) is 71.8 Å². The topological polar surface area (TPSA) is 109 Å². The van der Waals surface area contributed by atoms with Crippen molar-refractivity contribution in [1.29, 1.82) is 0 Å². The molecule has 2 aliphatic rings. The number of amides is 2. The van der Waals surface area contributed by atoms with Crippen LogP contribution < -0.4 is 16.1 Å². The third-order valence-electron chi connectivity index (χ3n) is 7.73. The molecule has 276 valence electrons. The van der Waals surface area contributed by atoms with Crippen LogP contribution in [-0.2, 0) is 11.2 Å². The maximum Gasteiger partial charge on any atom is 0.234 e. The normalized spacial score (nSPS) is 10.4. The first kappa shape index (κ1) is 45.6. The van der Waals surface area contributed by atoms with E-state index in [2.05, 4.69) is 19.9 Å². The van der Waals surface area contributed by atoms with Crippen LogP contribution in [-0.4, -0.2) is 36.9 Å². The Bertz CT molecular complexity index is 1790. The van der Waals surface area contributed by atoms with Gasteiger partial charge in [0.2, 0.25) is 11.6 Å². The van der Waals surface area contributed by atoms with Gasteiger partial charge >= 0.3 is 0 Å². The van der Waals surface area contributed by atoms with Crippen LogP contribution in [0.15, 0.2) is 27.4 Å². The SMILES string of the molecule is CC.CC.CO.Cc1cc(C)c2oc3c(C)c(=O)c(C)cc-3c(-c3c(Cl)c(Cl)c(Cl)c(Cl)c3CCCCCC(=O)NCCCNC(=O)P)c2c1. The molecule has 3 N–H and O–H groups in total. The van der Waals surface area contributed by atoms with E-state index in [4.69, 9.17) is 55.9 Å². The number of aryl methyl sites for hydroxylation is 3. The highest BCUT2D eigenvalue weighted by Gasteiger charge is 2.28. The lowest BCUT2D eigenvalue weighted by atomic mass is 9.86. The summed E-state index contributed by atoms with van der Waals surface area (Å²) in [5, 5.41) is 14.3. The molecule has 1 heterocycles. The monoisotopic (exact) mass is 786 g/mol. The highest BCUT2D eigenvalue weighted by Crippen LogP contribution is 2.51. The Kier molecular flexibility index (Phi) is 20.6. The zero-order chi connectivity index (χ0) is 38.3. The van der Waals surface area contributed by atoms with E-state index in [-0.39, 0.29) is 32.1 Å². The van der Waals surface area contributed by atoms with Crippen LogP contribution in [0.1, 0.15) is 87.6 Å². The Morgan fingerprint density at radius 1 is 0.760 bits per heavy atom. The lowest BCUT2D eigenvalue weighted by molar-refractivity contribution is -0.121. The number of aliphatic hydroxyl groups is 1. The number of hydrogen-bond donors (Lipinski definition) is 3. The average molecular weight is 789 g/mol. The van der Waals surface area contributed by atoms with Crippen molar-refractivity contribution in [3.63, 3.8) is 0 Å². The number of nitrogens with one attached hydrogen (secondary N) is 2. The summed E-state index contributed by atoms with van der Waals surface area (Å²) in [6.07, 6.45) is 3.78. The number of hydrogen-bond acceptors (Lipinski definition) is 5. The van der Waals surface area contributed by atoms with E-state index in [1.807, 2.05) is 59.7 Å². The highest BCUT2D eigenvalue weighted by molar-refractivity contribution is 7.39. The van der Waals surface area contributed by atoms with Crippen molar-refractivity contribution in [2.45, 2.75) is 93.9 Å². The summed E-state index contributed by atoms with van der Waals surface area (Å²) in [4.78, 5) is 36.2. The van der Waals surface area contributed by atoms with E-state index in [9.17, 15) is 14.4 Å². The fourth-order valence-corrected chi connectivity index (χ4v) is 6.84. The zero-order valence-electron chi connectivity index (χ0n) is 30.6. The summed E-state index contributed by atoms with van der Waals surface area (Å²) in [7, 11) is 3.06. The molecule has 2 amide bonds. The molecular weight excluding hydrogens is 737 g/mol. The fourth-order valence-electron chi connectivity index (χ4n) is 5.61. The predicted octanol–water partition coefficient (Wildman–Crippen LogP) is 11.3. The van der Waals surface area contributed by atoms with Crippen LogP contribution in [0.25, 0.3) is 33.4 Å². The van der Waals surface area contributed by atoms with Crippen LogP contribution in [0, 0.1) is 27.7 Å². The summed E-state index contributed by atoms with van der Waals surface area (Å²) in [5.41, 5.74) is 6.41. The summed E-state index contributed by atoms with van der Waals surface area (Å²) in [6.45, 7) is 16.5. The van der Waals surface area contributed by atoms with E-state index in [1.54, 1.807) is 13.8 Å². The van der Waals surface area contributed by atoms with Gasteiger partial charge in [-0.15, -0.1) is 0 Å². The van der Waals surface area contributed by atoms with Gasteiger partial charge < -0.3 is 20.2 Å². The van der Waals surface area contributed by atoms with Crippen molar-refractivity contribution in [1.82, 2.24) is 10.6 Å². The number of fused-ring (bicyclic) bond motifs is 2. The first-order valence-electron chi connectivity index (χ1n) is 16.9. The van der Waals surface area contributed by atoms with Gasteiger partial charge in [-0.05, 0) is 97.0 Å². The maximum atomic E-state index is 13.0. The lowest BCUT2D eigenvalue weighted by Crippen LogP contribution is -2.27. The molecule has 12 heteroatoms. The Hall–Kier alpha value is -2.38. The molecule has 1 unspecified atom stereocenters. The van der Waals surface area contributed by atoms with Crippen molar-refractivity contribution in [2.24, 2.45) is 0 Å². The van der Waals surface area contributed by atoms with E-state index in [0.717, 1.165) is 53.2 Å². The van der Waals surface area contributed by atoms with Crippen LogP contribution in [0.2, 0.25) is 20.1 Å². The van der Waals surface area contributed by atoms with Gasteiger partial charge in [-0.25, -0.2) is 0 Å². The second-order valence-corrected chi connectivity index (χ2v) is 13.2. The molecule has 2 aromatic rings. The highest BCUT2D eigenvalue weighted by atomic mass is 35.5. The molecule has 50 heavy (non-hydrogen) atoms. The Morgan fingerprint density at radius 2 is 1.36 bits per heavy atom. The van der Waals surface area contributed by atoms with Crippen LogP contribution in [0.5, 0.6) is 0 Å². The van der Waals surface area contributed by atoms with Gasteiger partial charge in [-0.3, -0.25) is 14.4 Å². The standard InChI is InChI=1S/C33H35Cl4N2O4P.2C2H6.CH4O/c1-16-13-18(3)31-21(14-16)24(22-15-17(2)30(41)19(4)32(22)43-31)25-20(26(34)28(36)29(37)27(25)35)9-6-5-7-10-23(40)38-11-8-12-39-33(42)44;3*1-2/h13-15H,5-12,44H2,1-4H3,(H,38,40)(H,39,42);2*1-2H3;2H,1H3. The van der Waals surface area contributed by atoms with Crippen LogP contribution in [0.3, 0.4) is 0 Å². The molecule has 0 saturated carbocycles. The Labute approximate surface area is 319 Å².